The SMILES string of the molecule is CC(C)CC(O)CNC(=O)C(=O)Nc1ccc(C(C)C)cc1C(C)C. The van der Waals surface area contributed by atoms with Gasteiger partial charge >= 0.3 is 11.8 Å². The van der Waals surface area contributed by atoms with Gasteiger partial charge in [0.15, 0.2) is 0 Å². The van der Waals surface area contributed by atoms with Crippen LogP contribution in [0.3, 0.4) is 0 Å². The normalized spacial score (nSPS) is 12.6. The standard InChI is InChI=1S/C20H32N2O3/c1-12(2)9-16(23)11-21-19(24)20(25)22-18-8-7-15(13(3)4)10-17(18)14(5)6/h7-8,10,12-14,16,23H,9,11H2,1-6H3,(H,21,24)(H,22,25). The Balaban J connectivity index is 2.74. The first-order valence-corrected chi connectivity index (χ1v) is 9.02. The lowest BCUT2D eigenvalue weighted by Crippen LogP contribution is -2.40. The van der Waals surface area contributed by atoms with E-state index in [9.17, 15) is 14.7 Å². The predicted molar refractivity (Wildman–Crippen MR) is 102 cm³/mol. The van der Waals surface area contributed by atoms with E-state index in [4.69, 9.17) is 0 Å². The first-order chi connectivity index (χ1) is 11.6. The van der Waals surface area contributed by atoms with Crippen LogP contribution >= 0.6 is 0 Å². The molecule has 1 aromatic carbocycles. The van der Waals surface area contributed by atoms with Crippen LogP contribution < -0.4 is 10.6 Å². The average molecular weight is 348 g/mol. The first-order valence-electron chi connectivity index (χ1n) is 9.02. The molecule has 0 aliphatic heterocycles. The Morgan fingerprint density at radius 3 is 2.16 bits per heavy atom. The Bertz CT molecular complexity index is 595. The molecule has 0 heterocycles. The van der Waals surface area contributed by atoms with Gasteiger partial charge in [-0.05, 0) is 41.4 Å². The minimum Gasteiger partial charge on any atom is -0.391 e. The highest BCUT2D eigenvalue weighted by molar-refractivity contribution is 6.39. The van der Waals surface area contributed by atoms with Crippen LogP contribution in [0.4, 0.5) is 5.69 Å². The lowest BCUT2D eigenvalue weighted by molar-refractivity contribution is -0.136. The molecule has 0 radical (unpaired) electrons. The molecule has 0 saturated carbocycles. The summed E-state index contributed by atoms with van der Waals surface area (Å²) in [4.78, 5) is 24.1. The number of amides is 2. The average Bonchev–Trinajstić information content (AvgIpc) is 2.51. The maximum Gasteiger partial charge on any atom is 0.313 e. The third-order valence-corrected chi connectivity index (χ3v) is 4.06. The Hall–Kier alpha value is -1.88. The zero-order valence-corrected chi connectivity index (χ0v) is 16.2. The summed E-state index contributed by atoms with van der Waals surface area (Å²) in [6, 6.07) is 5.90. The van der Waals surface area contributed by atoms with Crippen molar-refractivity contribution in [2.75, 3.05) is 11.9 Å². The second-order valence-electron chi connectivity index (χ2n) is 7.60. The Labute approximate surface area is 151 Å². The highest BCUT2D eigenvalue weighted by Crippen LogP contribution is 2.28. The monoisotopic (exact) mass is 348 g/mol. The predicted octanol–water partition coefficient (Wildman–Crippen LogP) is 3.40. The molecule has 3 N–H and O–H groups in total. The van der Waals surface area contributed by atoms with E-state index in [0.717, 1.165) is 5.56 Å². The number of carbonyl (C=O) groups excluding carboxylic acids is 2. The summed E-state index contributed by atoms with van der Waals surface area (Å²) in [5, 5.41) is 15.0. The highest BCUT2D eigenvalue weighted by atomic mass is 16.3. The van der Waals surface area contributed by atoms with Crippen molar-refractivity contribution >= 4 is 17.5 Å². The van der Waals surface area contributed by atoms with E-state index in [1.807, 2.05) is 26.0 Å². The van der Waals surface area contributed by atoms with E-state index in [1.54, 1.807) is 0 Å². The van der Waals surface area contributed by atoms with Crippen LogP contribution in [-0.2, 0) is 9.59 Å². The molecule has 2 amide bonds. The quantitative estimate of drug-likeness (QED) is 0.661. The van der Waals surface area contributed by atoms with Gasteiger partial charge in [-0.2, -0.15) is 0 Å². The largest absolute Gasteiger partial charge is 0.391 e. The van der Waals surface area contributed by atoms with Crippen LogP contribution in [0.5, 0.6) is 0 Å². The van der Waals surface area contributed by atoms with E-state index in [0.29, 0.717) is 23.9 Å². The molecule has 5 nitrogen and oxygen atoms in total. The minimum atomic E-state index is -0.731. The van der Waals surface area contributed by atoms with Crippen LogP contribution in [0.2, 0.25) is 0 Å². The fourth-order valence-electron chi connectivity index (χ4n) is 2.63. The molecular weight excluding hydrogens is 316 g/mol. The number of aliphatic hydroxyl groups is 1. The molecule has 0 saturated heterocycles. The molecule has 0 aliphatic carbocycles. The number of benzene rings is 1. The van der Waals surface area contributed by atoms with E-state index in [-0.39, 0.29) is 12.5 Å². The molecule has 0 spiro atoms. The third-order valence-electron chi connectivity index (χ3n) is 4.06. The van der Waals surface area contributed by atoms with Gasteiger partial charge in [-0.3, -0.25) is 9.59 Å². The molecule has 0 bridgehead atoms. The fourth-order valence-corrected chi connectivity index (χ4v) is 2.63. The Morgan fingerprint density at radius 1 is 1.00 bits per heavy atom. The van der Waals surface area contributed by atoms with Gasteiger partial charge in [0.2, 0.25) is 0 Å². The van der Waals surface area contributed by atoms with Crippen molar-refractivity contribution in [3.63, 3.8) is 0 Å². The van der Waals surface area contributed by atoms with Crippen molar-refractivity contribution in [2.45, 2.75) is 65.9 Å². The number of rotatable bonds is 7. The lowest BCUT2D eigenvalue weighted by Gasteiger charge is -2.17. The number of nitrogens with one attached hydrogen (secondary N) is 2. The zero-order chi connectivity index (χ0) is 19.1. The van der Waals surface area contributed by atoms with Crippen molar-refractivity contribution in [3.8, 4) is 0 Å². The maximum atomic E-state index is 12.1. The molecule has 0 aromatic heterocycles. The molecule has 1 aromatic rings. The van der Waals surface area contributed by atoms with Gasteiger partial charge in [-0.1, -0.05) is 53.7 Å². The summed E-state index contributed by atoms with van der Waals surface area (Å²) >= 11 is 0. The number of carbonyl (C=O) groups is 2. The minimum absolute atomic E-state index is 0.0771. The van der Waals surface area contributed by atoms with E-state index < -0.39 is 17.9 Å². The van der Waals surface area contributed by atoms with Crippen LogP contribution in [0, 0.1) is 5.92 Å². The first kappa shape index (κ1) is 21.2. The second-order valence-corrected chi connectivity index (χ2v) is 7.60. The van der Waals surface area contributed by atoms with Crippen molar-refractivity contribution in [2.24, 2.45) is 5.92 Å². The third kappa shape index (κ3) is 6.86. The van der Waals surface area contributed by atoms with Gasteiger partial charge in [-0.15, -0.1) is 0 Å². The van der Waals surface area contributed by atoms with E-state index >= 15 is 0 Å². The van der Waals surface area contributed by atoms with Crippen molar-refractivity contribution in [1.29, 1.82) is 0 Å². The number of hydrogen-bond donors (Lipinski definition) is 3. The summed E-state index contributed by atoms with van der Waals surface area (Å²) < 4.78 is 0. The highest BCUT2D eigenvalue weighted by Gasteiger charge is 2.18. The molecule has 5 heteroatoms. The van der Waals surface area contributed by atoms with Gasteiger partial charge in [-0.25, -0.2) is 0 Å². The molecule has 0 fully saturated rings. The second kappa shape index (κ2) is 9.56. The topological polar surface area (TPSA) is 78.4 Å². The molecule has 140 valence electrons. The molecule has 1 rings (SSSR count). The van der Waals surface area contributed by atoms with Crippen LogP contribution in [0.15, 0.2) is 18.2 Å². The summed E-state index contributed by atoms with van der Waals surface area (Å²) in [7, 11) is 0. The number of aliphatic hydroxyl groups excluding tert-OH is 1. The summed E-state index contributed by atoms with van der Waals surface area (Å²) in [6.07, 6.45) is -0.0657. The van der Waals surface area contributed by atoms with Gasteiger partial charge < -0.3 is 15.7 Å². The van der Waals surface area contributed by atoms with Crippen LogP contribution in [-0.4, -0.2) is 29.6 Å². The van der Waals surface area contributed by atoms with Crippen LogP contribution in [0.25, 0.3) is 0 Å². The van der Waals surface area contributed by atoms with Crippen molar-refractivity contribution < 1.29 is 14.7 Å². The van der Waals surface area contributed by atoms with Gasteiger partial charge in [0.1, 0.15) is 0 Å². The maximum absolute atomic E-state index is 12.1. The number of hydrogen-bond acceptors (Lipinski definition) is 3. The summed E-state index contributed by atoms with van der Waals surface area (Å²) in [5.41, 5.74) is 2.86. The zero-order valence-electron chi connectivity index (χ0n) is 16.2. The summed E-state index contributed by atoms with van der Waals surface area (Å²) in [5.74, 6) is -0.492. The van der Waals surface area contributed by atoms with Crippen molar-refractivity contribution in [1.82, 2.24) is 5.32 Å². The molecule has 0 aliphatic rings. The Morgan fingerprint density at radius 2 is 1.64 bits per heavy atom. The van der Waals surface area contributed by atoms with E-state index in [1.165, 1.54) is 5.56 Å². The van der Waals surface area contributed by atoms with Crippen LogP contribution in [0.1, 0.15) is 70.9 Å². The van der Waals surface area contributed by atoms with Gasteiger partial charge in [0.25, 0.3) is 0 Å². The van der Waals surface area contributed by atoms with Gasteiger partial charge in [0.05, 0.1) is 6.10 Å². The van der Waals surface area contributed by atoms with Gasteiger partial charge in [0, 0.05) is 12.2 Å². The fraction of sp³-hybridized carbons (Fsp3) is 0.600. The Kier molecular flexibility index (Phi) is 8.10. The molecule has 1 unspecified atom stereocenters. The lowest BCUT2D eigenvalue weighted by atomic mass is 9.94. The molecule has 25 heavy (non-hydrogen) atoms. The van der Waals surface area contributed by atoms with E-state index in [2.05, 4.69) is 44.4 Å². The molecular formula is C20H32N2O3. The summed E-state index contributed by atoms with van der Waals surface area (Å²) in [6.45, 7) is 12.4. The molecule has 1 atom stereocenters. The smallest absolute Gasteiger partial charge is 0.313 e. The number of anilines is 1. The van der Waals surface area contributed by atoms with Crippen molar-refractivity contribution in [3.05, 3.63) is 29.3 Å².